The van der Waals surface area contributed by atoms with E-state index in [1.807, 2.05) is 25.1 Å². The van der Waals surface area contributed by atoms with Crippen molar-refractivity contribution in [2.24, 2.45) is 0 Å². The Hall–Kier alpha value is -2.02. The number of rotatable bonds is 2. The van der Waals surface area contributed by atoms with E-state index in [0.717, 1.165) is 24.6 Å². The van der Waals surface area contributed by atoms with Gasteiger partial charge in [0, 0.05) is 41.8 Å². The van der Waals surface area contributed by atoms with Gasteiger partial charge in [-0.3, -0.25) is 14.8 Å². The predicted molar refractivity (Wildman–Crippen MR) is 99.4 cm³/mol. The van der Waals surface area contributed by atoms with Crippen molar-refractivity contribution < 1.29 is 9.53 Å². The van der Waals surface area contributed by atoms with Crippen LogP contribution in [0.2, 0.25) is 0 Å². The van der Waals surface area contributed by atoms with Crippen molar-refractivity contribution in [3.63, 3.8) is 0 Å². The molecule has 128 valence electrons. The molecule has 1 fully saturated rings. The highest BCUT2D eigenvalue weighted by Gasteiger charge is 2.13. The number of thiocarbonyl (C=S) groups is 1. The molecule has 1 atom stereocenters. The molecule has 6 heteroatoms. The molecule has 1 saturated heterocycles. The Labute approximate surface area is 148 Å². The van der Waals surface area contributed by atoms with Crippen molar-refractivity contribution in [2.45, 2.75) is 19.9 Å². The summed E-state index contributed by atoms with van der Waals surface area (Å²) < 4.78 is 5.19. The number of hydrogen-bond donors (Lipinski definition) is 1. The van der Waals surface area contributed by atoms with Crippen molar-refractivity contribution in [3.8, 4) is 0 Å². The molecule has 1 aliphatic rings. The summed E-state index contributed by atoms with van der Waals surface area (Å²) in [5.74, 6) is 0.0584. The zero-order valence-corrected chi connectivity index (χ0v) is 14.8. The summed E-state index contributed by atoms with van der Waals surface area (Å²) >= 11 is 4.97. The molecule has 2 aromatic heterocycles. The van der Waals surface area contributed by atoms with Crippen LogP contribution in [0.1, 0.15) is 24.2 Å². The zero-order valence-electron chi connectivity index (χ0n) is 14.0. The van der Waals surface area contributed by atoms with Gasteiger partial charge in [0.05, 0.1) is 19.3 Å². The fraction of sp³-hybridized carbons (Fsp3) is 0.333. The number of carbonyl (C=O) groups excluding carboxylic acids is 1. The number of morpholine rings is 1. The first-order valence-electron chi connectivity index (χ1n) is 7.68. The average molecular weight is 345 g/mol. The van der Waals surface area contributed by atoms with E-state index in [0.29, 0.717) is 11.6 Å². The molecular formula is C18H23N3O2S. The van der Waals surface area contributed by atoms with E-state index in [1.54, 1.807) is 36.9 Å². The van der Waals surface area contributed by atoms with Gasteiger partial charge in [-0.25, -0.2) is 0 Å². The number of pyridine rings is 2. The van der Waals surface area contributed by atoms with Crippen LogP contribution in [-0.4, -0.2) is 46.4 Å². The van der Waals surface area contributed by atoms with Crippen molar-refractivity contribution in [1.29, 1.82) is 0 Å². The maximum Gasteiger partial charge on any atom is 0.161 e. The lowest BCUT2D eigenvalue weighted by atomic mass is 10.2. The van der Waals surface area contributed by atoms with Crippen LogP contribution < -0.4 is 5.32 Å². The molecule has 24 heavy (non-hydrogen) atoms. The number of ether oxygens (including phenoxy) is 1. The maximum atomic E-state index is 10.6. The van der Waals surface area contributed by atoms with E-state index >= 15 is 0 Å². The van der Waals surface area contributed by atoms with Crippen LogP contribution in [0.3, 0.4) is 0 Å². The fourth-order valence-corrected chi connectivity index (χ4v) is 1.86. The second kappa shape index (κ2) is 12.4. The van der Waals surface area contributed by atoms with Crippen molar-refractivity contribution in [2.75, 3.05) is 19.8 Å². The van der Waals surface area contributed by atoms with E-state index in [4.69, 9.17) is 17.0 Å². The molecule has 0 amide bonds. The summed E-state index contributed by atoms with van der Waals surface area (Å²) in [5, 5.41) is 3.25. The Morgan fingerprint density at radius 1 is 1.17 bits per heavy atom. The normalized spacial score (nSPS) is 15.8. The van der Waals surface area contributed by atoms with Gasteiger partial charge in [-0.2, -0.15) is 0 Å². The van der Waals surface area contributed by atoms with Crippen LogP contribution in [0.25, 0.3) is 0 Å². The van der Waals surface area contributed by atoms with Gasteiger partial charge >= 0.3 is 0 Å². The Morgan fingerprint density at radius 2 is 1.88 bits per heavy atom. The molecule has 0 aliphatic carbocycles. The van der Waals surface area contributed by atoms with E-state index < -0.39 is 0 Å². The summed E-state index contributed by atoms with van der Waals surface area (Å²) in [6, 6.07) is 9.52. The molecule has 1 unspecified atom stereocenters. The molecule has 2 aromatic rings. The lowest BCUT2D eigenvalue weighted by molar-refractivity contribution is 0.0954. The maximum absolute atomic E-state index is 10.6. The molecular weight excluding hydrogens is 322 g/mol. The topological polar surface area (TPSA) is 64.1 Å². The number of Topliss-reactive ketones (excluding diaryl/α,β-unsaturated/α-hetero) is 1. The lowest BCUT2D eigenvalue weighted by Crippen LogP contribution is -2.44. The van der Waals surface area contributed by atoms with Gasteiger partial charge in [0.2, 0.25) is 0 Å². The number of nitrogens with zero attached hydrogens (tertiary/aromatic N) is 2. The number of carbonyl (C=O) groups is 1. The highest BCUT2D eigenvalue weighted by molar-refractivity contribution is 7.80. The zero-order chi connectivity index (χ0) is 17.6. The smallest absolute Gasteiger partial charge is 0.161 e. The Kier molecular flexibility index (Phi) is 10.4. The second-order valence-corrected chi connectivity index (χ2v) is 5.66. The largest absolute Gasteiger partial charge is 0.378 e. The van der Waals surface area contributed by atoms with Crippen molar-refractivity contribution >= 4 is 22.9 Å². The first-order chi connectivity index (χ1) is 11.6. The number of ketones is 1. The Morgan fingerprint density at radius 3 is 2.17 bits per heavy atom. The van der Waals surface area contributed by atoms with Crippen molar-refractivity contribution in [1.82, 2.24) is 15.3 Å². The molecule has 0 radical (unpaired) electrons. The van der Waals surface area contributed by atoms with Crippen LogP contribution in [0, 0.1) is 0 Å². The Balaban J connectivity index is 0.000000184. The molecule has 1 N–H and O–H groups in total. The molecule has 0 saturated carbocycles. The highest BCUT2D eigenvalue weighted by atomic mass is 32.1. The summed E-state index contributed by atoms with van der Waals surface area (Å²) in [7, 11) is 0. The van der Waals surface area contributed by atoms with Crippen LogP contribution >= 0.6 is 12.2 Å². The van der Waals surface area contributed by atoms with Gasteiger partial charge in [0.25, 0.3) is 0 Å². The quantitative estimate of drug-likeness (QED) is 0.667. The molecule has 0 spiro atoms. The monoisotopic (exact) mass is 345 g/mol. The molecule has 0 bridgehead atoms. The number of hydrogen-bond acceptors (Lipinski definition) is 6. The summed E-state index contributed by atoms with van der Waals surface area (Å²) in [5.41, 5.74) is 0.664. The van der Waals surface area contributed by atoms with E-state index in [9.17, 15) is 4.79 Å². The van der Waals surface area contributed by atoms with Crippen LogP contribution in [0.5, 0.6) is 0 Å². The SMILES string of the molecule is CC(=O)c1cccnc1.CC(=S)C1COCCN1.c1ccncc1. The first kappa shape index (κ1) is 20.0. The number of nitrogens with one attached hydrogen (secondary N) is 1. The van der Waals surface area contributed by atoms with Crippen molar-refractivity contribution in [3.05, 3.63) is 60.7 Å². The van der Waals surface area contributed by atoms with Gasteiger partial charge in [0.1, 0.15) is 0 Å². The van der Waals surface area contributed by atoms with Gasteiger partial charge in [-0.1, -0.05) is 18.3 Å². The summed E-state index contributed by atoms with van der Waals surface area (Å²) in [4.78, 5) is 19.2. The second-order valence-electron chi connectivity index (χ2n) is 5.01. The summed E-state index contributed by atoms with van der Waals surface area (Å²) in [6.45, 7) is 5.96. The molecule has 0 aromatic carbocycles. The minimum Gasteiger partial charge on any atom is -0.378 e. The first-order valence-corrected chi connectivity index (χ1v) is 8.09. The minimum absolute atomic E-state index is 0.0584. The predicted octanol–water partition coefficient (Wildman–Crippen LogP) is 2.73. The van der Waals surface area contributed by atoms with E-state index in [-0.39, 0.29) is 5.78 Å². The third-order valence-corrected chi connectivity index (χ3v) is 3.33. The third-order valence-electron chi connectivity index (χ3n) is 3.05. The molecule has 1 aliphatic heterocycles. The van der Waals surface area contributed by atoms with Gasteiger partial charge in [0.15, 0.2) is 5.78 Å². The van der Waals surface area contributed by atoms with Gasteiger partial charge in [-0.15, -0.1) is 0 Å². The third kappa shape index (κ3) is 9.19. The van der Waals surface area contributed by atoms with Gasteiger partial charge in [-0.05, 0) is 38.1 Å². The van der Waals surface area contributed by atoms with Crippen LogP contribution in [-0.2, 0) is 4.74 Å². The van der Waals surface area contributed by atoms with Crippen LogP contribution in [0.4, 0.5) is 0 Å². The molecule has 5 nitrogen and oxygen atoms in total. The van der Waals surface area contributed by atoms with E-state index in [1.165, 1.54) is 6.92 Å². The average Bonchev–Trinajstić information content (AvgIpc) is 2.65. The number of aromatic nitrogens is 2. The fourth-order valence-electron chi connectivity index (χ4n) is 1.71. The van der Waals surface area contributed by atoms with Gasteiger partial charge < -0.3 is 10.1 Å². The molecule has 3 heterocycles. The molecule has 3 rings (SSSR count). The van der Waals surface area contributed by atoms with E-state index in [2.05, 4.69) is 15.3 Å². The highest BCUT2D eigenvalue weighted by Crippen LogP contribution is 1.95. The summed E-state index contributed by atoms with van der Waals surface area (Å²) in [6.07, 6.45) is 6.70. The Bertz CT molecular complexity index is 561. The van der Waals surface area contributed by atoms with Crippen LogP contribution in [0.15, 0.2) is 55.1 Å². The minimum atomic E-state index is 0.0584. The lowest BCUT2D eigenvalue weighted by Gasteiger charge is -2.22. The standard InChI is InChI=1S/C7H7NO.C6H11NOS.C5H5N/c1-6(9)7-3-2-4-8-5-7;1-5(9)6-4-8-3-2-7-6;1-2-4-6-5-3-1/h2-5H,1H3;6-7H,2-4H2,1H3;1-5H.